The fourth-order valence-corrected chi connectivity index (χ4v) is 2.71. The lowest BCUT2D eigenvalue weighted by atomic mass is 10.5. The molecule has 3 rings (SSSR count). The third kappa shape index (κ3) is 1.91. The van der Waals surface area contributed by atoms with Crippen molar-refractivity contribution in [1.82, 2.24) is 23.1 Å². The van der Waals surface area contributed by atoms with Crippen LogP contribution in [0.3, 0.4) is 0 Å². The molecule has 3 aromatic rings. The van der Waals surface area contributed by atoms with Crippen LogP contribution in [0.4, 0.5) is 0 Å². The number of fused-ring (bicyclic) bond motifs is 3. The maximum absolute atomic E-state index is 12.4. The summed E-state index contributed by atoms with van der Waals surface area (Å²) < 4.78 is 11.6. The SMILES string of the molecule is CCOCCn1c(C)cn2c3c(=O)n(C)c(=O)n(C)c3nc12. The molecule has 0 N–H and O–H groups in total. The van der Waals surface area contributed by atoms with Crippen molar-refractivity contribution in [3.8, 4) is 0 Å². The highest BCUT2D eigenvalue weighted by Crippen LogP contribution is 2.15. The van der Waals surface area contributed by atoms with E-state index in [1.54, 1.807) is 11.4 Å². The normalized spacial score (nSPS) is 11.8. The summed E-state index contributed by atoms with van der Waals surface area (Å²) in [6.07, 6.45) is 1.86. The molecule has 0 aromatic carbocycles. The van der Waals surface area contributed by atoms with E-state index in [1.165, 1.54) is 11.6 Å². The molecule has 3 aromatic heterocycles. The molecule has 3 heterocycles. The van der Waals surface area contributed by atoms with Crippen LogP contribution in [-0.2, 0) is 25.4 Å². The third-order valence-corrected chi connectivity index (χ3v) is 3.92. The van der Waals surface area contributed by atoms with Crippen molar-refractivity contribution in [2.24, 2.45) is 14.1 Å². The summed E-state index contributed by atoms with van der Waals surface area (Å²) in [5, 5.41) is 0. The molecular weight excluding hydrogens is 286 g/mol. The molecule has 0 fully saturated rings. The third-order valence-electron chi connectivity index (χ3n) is 3.92. The van der Waals surface area contributed by atoms with Gasteiger partial charge in [-0.15, -0.1) is 0 Å². The van der Waals surface area contributed by atoms with Gasteiger partial charge < -0.3 is 9.30 Å². The molecule has 118 valence electrons. The highest BCUT2D eigenvalue weighted by atomic mass is 16.5. The van der Waals surface area contributed by atoms with E-state index < -0.39 is 0 Å². The molecule has 0 amide bonds. The van der Waals surface area contributed by atoms with Crippen LogP contribution >= 0.6 is 0 Å². The van der Waals surface area contributed by atoms with Crippen LogP contribution in [0.25, 0.3) is 16.9 Å². The second kappa shape index (κ2) is 5.13. The highest BCUT2D eigenvalue weighted by Gasteiger charge is 2.18. The number of aryl methyl sites for hydroxylation is 2. The molecule has 0 atom stereocenters. The van der Waals surface area contributed by atoms with E-state index in [0.29, 0.717) is 36.7 Å². The first-order valence-corrected chi connectivity index (χ1v) is 7.19. The van der Waals surface area contributed by atoms with Crippen LogP contribution in [0, 0.1) is 6.92 Å². The summed E-state index contributed by atoms with van der Waals surface area (Å²) in [7, 11) is 3.09. The number of hydrogen-bond acceptors (Lipinski definition) is 4. The minimum atomic E-state index is -0.379. The summed E-state index contributed by atoms with van der Waals surface area (Å²) in [6.45, 7) is 5.78. The number of ether oxygens (including phenoxy) is 1. The zero-order valence-corrected chi connectivity index (χ0v) is 13.2. The average Bonchev–Trinajstić information content (AvgIpc) is 2.99. The van der Waals surface area contributed by atoms with E-state index in [-0.39, 0.29) is 11.2 Å². The molecular formula is C14H19N5O3. The number of rotatable bonds is 4. The number of nitrogens with zero attached hydrogens (tertiary/aromatic N) is 5. The van der Waals surface area contributed by atoms with Gasteiger partial charge in [-0.05, 0) is 13.8 Å². The van der Waals surface area contributed by atoms with Crippen LogP contribution in [0.1, 0.15) is 12.6 Å². The van der Waals surface area contributed by atoms with Crippen molar-refractivity contribution in [2.75, 3.05) is 13.2 Å². The number of imidazole rings is 2. The fourth-order valence-electron chi connectivity index (χ4n) is 2.71. The predicted molar refractivity (Wildman–Crippen MR) is 82.4 cm³/mol. The van der Waals surface area contributed by atoms with Crippen molar-refractivity contribution in [2.45, 2.75) is 20.4 Å². The molecule has 0 aliphatic heterocycles. The Morgan fingerprint density at radius 2 is 1.95 bits per heavy atom. The van der Waals surface area contributed by atoms with Crippen molar-refractivity contribution >= 4 is 16.9 Å². The number of hydrogen-bond donors (Lipinski definition) is 0. The fraction of sp³-hybridized carbons (Fsp3) is 0.500. The van der Waals surface area contributed by atoms with Gasteiger partial charge in [0.1, 0.15) is 0 Å². The van der Waals surface area contributed by atoms with Gasteiger partial charge in [0.15, 0.2) is 11.2 Å². The van der Waals surface area contributed by atoms with Crippen LogP contribution < -0.4 is 11.2 Å². The molecule has 0 bridgehead atoms. The molecule has 8 heteroatoms. The van der Waals surface area contributed by atoms with Crippen LogP contribution in [-0.4, -0.2) is 36.3 Å². The van der Waals surface area contributed by atoms with Gasteiger partial charge in [-0.3, -0.25) is 18.3 Å². The van der Waals surface area contributed by atoms with E-state index in [1.807, 2.05) is 24.6 Å². The maximum Gasteiger partial charge on any atom is 0.332 e. The minimum Gasteiger partial charge on any atom is -0.380 e. The van der Waals surface area contributed by atoms with Crippen molar-refractivity contribution in [1.29, 1.82) is 0 Å². The highest BCUT2D eigenvalue weighted by molar-refractivity contribution is 5.75. The molecule has 0 aliphatic rings. The lowest BCUT2D eigenvalue weighted by Gasteiger charge is -2.05. The zero-order chi connectivity index (χ0) is 16.0. The van der Waals surface area contributed by atoms with E-state index >= 15 is 0 Å². The second-order valence-corrected chi connectivity index (χ2v) is 5.28. The predicted octanol–water partition coefficient (Wildman–Crippen LogP) is 0.0313. The van der Waals surface area contributed by atoms with Gasteiger partial charge in [0.25, 0.3) is 5.56 Å². The van der Waals surface area contributed by atoms with Crippen LogP contribution in [0.2, 0.25) is 0 Å². The first-order chi connectivity index (χ1) is 10.5. The zero-order valence-electron chi connectivity index (χ0n) is 13.2. The van der Waals surface area contributed by atoms with Crippen molar-refractivity contribution in [3.05, 3.63) is 32.7 Å². The monoisotopic (exact) mass is 305 g/mol. The Kier molecular flexibility index (Phi) is 3.40. The van der Waals surface area contributed by atoms with Crippen molar-refractivity contribution in [3.63, 3.8) is 0 Å². The summed E-state index contributed by atoms with van der Waals surface area (Å²) in [6, 6.07) is 0. The Morgan fingerprint density at radius 3 is 2.64 bits per heavy atom. The smallest absolute Gasteiger partial charge is 0.332 e. The van der Waals surface area contributed by atoms with Gasteiger partial charge in [-0.2, -0.15) is 4.98 Å². The Bertz CT molecular complexity index is 973. The van der Waals surface area contributed by atoms with Gasteiger partial charge in [0.05, 0.1) is 6.61 Å². The van der Waals surface area contributed by atoms with E-state index in [0.717, 1.165) is 10.3 Å². The van der Waals surface area contributed by atoms with Crippen LogP contribution in [0.5, 0.6) is 0 Å². The Hall–Kier alpha value is -2.35. The van der Waals surface area contributed by atoms with Gasteiger partial charge in [-0.25, -0.2) is 4.79 Å². The average molecular weight is 305 g/mol. The summed E-state index contributed by atoms with van der Waals surface area (Å²) >= 11 is 0. The molecule has 0 spiro atoms. The van der Waals surface area contributed by atoms with Crippen LogP contribution in [0.15, 0.2) is 15.8 Å². The molecule has 8 nitrogen and oxygen atoms in total. The standard InChI is InChI=1S/C14H19N5O3/c1-5-22-7-6-18-9(2)8-19-10-11(15-13(18)19)16(3)14(21)17(4)12(10)20/h8H,5-7H2,1-4H3. The quantitative estimate of drug-likeness (QED) is 0.637. The summed E-state index contributed by atoms with van der Waals surface area (Å²) in [5.41, 5.74) is 1.08. The molecule has 0 unspecified atom stereocenters. The first kappa shape index (κ1) is 14.6. The van der Waals surface area contributed by atoms with Gasteiger partial charge in [-0.1, -0.05) is 0 Å². The first-order valence-electron chi connectivity index (χ1n) is 7.19. The van der Waals surface area contributed by atoms with Gasteiger partial charge in [0.2, 0.25) is 5.78 Å². The lowest BCUT2D eigenvalue weighted by molar-refractivity contribution is 0.139. The van der Waals surface area contributed by atoms with E-state index in [2.05, 4.69) is 4.98 Å². The number of aromatic nitrogens is 5. The Labute approximate surface area is 126 Å². The van der Waals surface area contributed by atoms with E-state index in [9.17, 15) is 9.59 Å². The summed E-state index contributed by atoms with van der Waals surface area (Å²) in [4.78, 5) is 28.9. The molecule has 0 saturated heterocycles. The maximum atomic E-state index is 12.4. The molecule has 0 aliphatic carbocycles. The molecule has 22 heavy (non-hydrogen) atoms. The summed E-state index contributed by atoms with van der Waals surface area (Å²) in [5.74, 6) is 0.644. The molecule has 0 saturated carbocycles. The second-order valence-electron chi connectivity index (χ2n) is 5.28. The van der Waals surface area contributed by atoms with Gasteiger partial charge >= 0.3 is 5.69 Å². The topological polar surface area (TPSA) is 75.5 Å². The minimum absolute atomic E-state index is 0.340. The van der Waals surface area contributed by atoms with E-state index in [4.69, 9.17) is 4.74 Å². The largest absolute Gasteiger partial charge is 0.380 e. The molecule has 0 radical (unpaired) electrons. The van der Waals surface area contributed by atoms with Gasteiger partial charge in [0, 0.05) is 39.1 Å². The lowest BCUT2D eigenvalue weighted by Crippen LogP contribution is -2.37. The Balaban J connectivity index is 2.32. The van der Waals surface area contributed by atoms with Crippen molar-refractivity contribution < 1.29 is 4.74 Å². The Morgan fingerprint density at radius 1 is 1.23 bits per heavy atom.